The van der Waals surface area contributed by atoms with E-state index in [2.05, 4.69) is 11.9 Å². The Morgan fingerprint density at radius 1 is 1.38 bits per heavy atom. The highest BCUT2D eigenvalue weighted by Crippen LogP contribution is 2.27. The molecule has 0 unspecified atom stereocenters. The number of carboxylic acids is 1. The zero-order chi connectivity index (χ0) is 15.7. The molecule has 0 aliphatic rings. The Kier molecular flexibility index (Phi) is 6.59. The zero-order valence-electron chi connectivity index (χ0n) is 11.6. The summed E-state index contributed by atoms with van der Waals surface area (Å²) in [5.74, 6) is -0.374. The van der Waals surface area contributed by atoms with Crippen LogP contribution in [0.2, 0.25) is 0 Å². The summed E-state index contributed by atoms with van der Waals surface area (Å²) in [5, 5.41) is 11.1. The summed E-state index contributed by atoms with van der Waals surface area (Å²) in [5.41, 5.74) is 0.755. The van der Waals surface area contributed by atoms with Crippen molar-refractivity contribution in [3.63, 3.8) is 0 Å². The van der Waals surface area contributed by atoms with Crippen molar-refractivity contribution in [2.45, 2.75) is 6.54 Å². The smallest absolute Gasteiger partial charge is 0.407 e. The summed E-state index contributed by atoms with van der Waals surface area (Å²) in [6.07, 6.45) is 0.914. The van der Waals surface area contributed by atoms with E-state index in [-0.39, 0.29) is 13.2 Å². The Labute approximate surface area is 122 Å². The summed E-state index contributed by atoms with van der Waals surface area (Å²) >= 11 is 0. The number of methoxy groups -OCH3 is 1. The van der Waals surface area contributed by atoms with Crippen molar-refractivity contribution in [3.05, 3.63) is 36.4 Å². The molecule has 1 aromatic rings. The summed E-state index contributed by atoms with van der Waals surface area (Å²) in [4.78, 5) is 21.7. The standard InChI is InChI=1S/C14H17NO6/c1-3-6-20-14(18)15-8-10-4-5-11(12(7-10)19-2)21-9-13(16)17/h3-5,7H,1,6,8-9H2,2H3,(H,15,18)(H,16,17). The number of carbonyl (C=O) groups is 2. The van der Waals surface area contributed by atoms with Crippen LogP contribution in [0.3, 0.4) is 0 Å². The van der Waals surface area contributed by atoms with Gasteiger partial charge in [-0.05, 0) is 17.7 Å². The van der Waals surface area contributed by atoms with Gasteiger partial charge in [-0.15, -0.1) is 0 Å². The first-order valence-corrected chi connectivity index (χ1v) is 6.10. The van der Waals surface area contributed by atoms with E-state index >= 15 is 0 Å². The van der Waals surface area contributed by atoms with Gasteiger partial charge in [0, 0.05) is 6.54 Å². The molecule has 0 fully saturated rings. The molecular weight excluding hydrogens is 278 g/mol. The second kappa shape index (κ2) is 8.47. The Balaban J connectivity index is 2.62. The maximum Gasteiger partial charge on any atom is 0.407 e. The van der Waals surface area contributed by atoms with Gasteiger partial charge in [0.15, 0.2) is 18.1 Å². The summed E-state index contributed by atoms with van der Waals surface area (Å²) in [6.45, 7) is 3.36. The molecule has 0 aromatic heterocycles. The predicted molar refractivity (Wildman–Crippen MR) is 74.5 cm³/mol. The van der Waals surface area contributed by atoms with Gasteiger partial charge in [-0.2, -0.15) is 0 Å². The van der Waals surface area contributed by atoms with E-state index in [9.17, 15) is 9.59 Å². The van der Waals surface area contributed by atoms with Crippen LogP contribution in [0, 0.1) is 0 Å². The number of carboxylic acid groups (broad SMARTS) is 1. The lowest BCUT2D eigenvalue weighted by molar-refractivity contribution is -0.139. The summed E-state index contributed by atoms with van der Waals surface area (Å²) in [6, 6.07) is 4.91. The maximum absolute atomic E-state index is 11.3. The molecular formula is C14H17NO6. The van der Waals surface area contributed by atoms with Crippen LogP contribution in [0.1, 0.15) is 5.56 Å². The first-order chi connectivity index (χ1) is 10.1. The van der Waals surface area contributed by atoms with E-state index in [1.165, 1.54) is 13.2 Å². The highest BCUT2D eigenvalue weighted by Gasteiger charge is 2.08. The van der Waals surface area contributed by atoms with Crippen LogP contribution in [0.5, 0.6) is 11.5 Å². The van der Waals surface area contributed by atoms with Crippen molar-refractivity contribution >= 4 is 12.1 Å². The van der Waals surface area contributed by atoms with Crippen LogP contribution in [0.25, 0.3) is 0 Å². The number of nitrogens with one attached hydrogen (secondary N) is 1. The van der Waals surface area contributed by atoms with Crippen LogP contribution in [0.15, 0.2) is 30.9 Å². The average Bonchev–Trinajstić information content (AvgIpc) is 2.48. The van der Waals surface area contributed by atoms with Gasteiger partial charge in [0.1, 0.15) is 6.61 Å². The largest absolute Gasteiger partial charge is 0.493 e. The van der Waals surface area contributed by atoms with Crippen molar-refractivity contribution < 1.29 is 28.9 Å². The van der Waals surface area contributed by atoms with Gasteiger partial charge in [-0.25, -0.2) is 9.59 Å². The lowest BCUT2D eigenvalue weighted by Gasteiger charge is -2.11. The number of ether oxygens (including phenoxy) is 3. The van der Waals surface area contributed by atoms with Crippen LogP contribution in [-0.2, 0) is 16.1 Å². The molecule has 0 aliphatic heterocycles. The normalized spacial score (nSPS) is 9.57. The predicted octanol–water partition coefficient (Wildman–Crippen LogP) is 1.57. The average molecular weight is 295 g/mol. The molecule has 0 radical (unpaired) electrons. The van der Waals surface area contributed by atoms with Crippen LogP contribution < -0.4 is 14.8 Å². The van der Waals surface area contributed by atoms with E-state index in [4.69, 9.17) is 19.3 Å². The quantitative estimate of drug-likeness (QED) is 0.707. The minimum Gasteiger partial charge on any atom is -0.493 e. The van der Waals surface area contributed by atoms with E-state index in [1.807, 2.05) is 0 Å². The molecule has 114 valence electrons. The minimum absolute atomic E-state index is 0.136. The van der Waals surface area contributed by atoms with E-state index in [1.54, 1.807) is 18.2 Å². The second-order valence-corrected chi connectivity index (χ2v) is 3.91. The number of hydrogen-bond donors (Lipinski definition) is 2. The van der Waals surface area contributed by atoms with E-state index < -0.39 is 18.7 Å². The van der Waals surface area contributed by atoms with Gasteiger partial charge in [0.05, 0.1) is 7.11 Å². The monoisotopic (exact) mass is 295 g/mol. The Morgan fingerprint density at radius 3 is 2.76 bits per heavy atom. The maximum atomic E-state index is 11.3. The molecule has 0 heterocycles. The Morgan fingerprint density at radius 2 is 2.14 bits per heavy atom. The highest BCUT2D eigenvalue weighted by molar-refractivity contribution is 5.68. The number of carbonyl (C=O) groups excluding carboxylic acids is 1. The van der Waals surface area contributed by atoms with Crippen LogP contribution in [0.4, 0.5) is 4.79 Å². The second-order valence-electron chi connectivity index (χ2n) is 3.91. The molecule has 0 saturated heterocycles. The molecule has 2 N–H and O–H groups in total. The number of benzene rings is 1. The Bertz CT molecular complexity index is 514. The van der Waals surface area contributed by atoms with Gasteiger partial charge in [-0.3, -0.25) is 0 Å². The fourth-order valence-electron chi connectivity index (χ4n) is 1.44. The molecule has 1 amide bonds. The first-order valence-electron chi connectivity index (χ1n) is 6.10. The first kappa shape index (κ1) is 16.4. The molecule has 0 spiro atoms. The molecule has 7 nitrogen and oxygen atoms in total. The van der Waals surface area contributed by atoms with Crippen molar-refractivity contribution in [2.24, 2.45) is 0 Å². The number of aliphatic carboxylic acids is 1. The van der Waals surface area contributed by atoms with Crippen molar-refractivity contribution in [3.8, 4) is 11.5 Å². The van der Waals surface area contributed by atoms with Crippen LogP contribution >= 0.6 is 0 Å². The number of hydrogen-bond acceptors (Lipinski definition) is 5. The molecule has 0 bridgehead atoms. The number of amides is 1. The molecule has 0 aliphatic carbocycles. The van der Waals surface area contributed by atoms with Crippen LogP contribution in [-0.4, -0.2) is 37.5 Å². The highest BCUT2D eigenvalue weighted by atomic mass is 16.5. The van der Waals surface area contributed by atoms with Crippen molar-refractivity contribution in [1.29, 1.82) is 0 Å². The fraction of sp³-hybridized carbons (Fsp3) is 0.286. The molecule has 7 heteroatoms. The summed E-state index contributed by atoms with van der Waals surface area (Å²) in [7, 11) is 1.44. The number of alkyl carbamates (subject to hydrolysis) is 1. The topological polar surface area (TPSA) is 94.1 Å². The Hall–Kier alpha value is -2.70. The molecule has 1 aromatic carbocycles. The number of rotatable bonds is 8. The molecule has 21 heavy (non-hydrogen) atoms. The van der Waals surface area contributed by atoms with Gasteiger partial charge in [0.2, 0.25) is 0 Å². The van der Waals surface area contributed by atoms with E-state index in [0.29, 0.717) is 11.5 Å². The minimum atomic E-state index is -1.08. The van der Waals surface area contributed by atoms with E-state index in [0.717, 1.165) is 5.56 Å². The zero-order valence-corrected chi connectivity index (χ0v) is 11.6. The SMILES string of the molecule is C=CCOC(=O)NCc1ccc(OCC(=O)O)c(OC)c1. The molecule has 1 rings (SSSR count). The summed E-state index contributed by atoms with van der Waals surface area (Å²) < 4.78 is 15.0. The lowest BCUT2D eigenvalue weighted by atomic mass is 10.2. The third-order valence-electron chi connectivity index (χ3n) is 2.35. The third kappa shape index (κ3) is 5.85. The van der Waals surface area contributed by atoms with Gasteiger partial charge >= 0.3 is 12.1 Å². The fourth-order valence-corrected chi connectivity index (χ4v) is 1.44. The van der Waals surface area contributed by atoms with Crippen molar-refractivity contribution in [2.75, 3.05) is 20.3 Å². The molecule has 0 saturated carbocycles. The van der Waals surface area contributed by atoms with Crippen molar-refractivity contribution in [1.82, 2.24) is 5.32 Å². The lowest BCUT2D eigenvalue weighted by Crippen LogP contribution is -2.23. The van der Waals surface area contributed by atoms with Gasteiger partial charge < -0.3 is 24.6 Å². The van der Waals surface area contributed by atoms with Gasteiger partial charge in [0.25, 0.3) is 0 Å². The third-order valence-corrected chi connectivity index (χ3v) is 2.35. The molecule has 0 atom stereocenters. The van der Waals surface area contributed by atoms with Gasteiger partial charge in [-0.1, -0.05) is 18.7 Å².